The van der Waals surface area contributed by atoms with Gasteiger partial charge in [0.1, 0.15) is 9.22 Å². The quantitative estimate of drug-likeness (QED) is 0.584. The number of thiazole rings is 1. The lowest BCUT2D eigenvalue weighted by Crippen LogP contribution is -2.44. The number of nitrogens with one attached hydrogen (secondary N) is 1. The summed E-state index contributed by atoms with van der Waals surface area (Å²) in [7, 11) is -3.39. The molecular weight excluding hydrogens is 422 g/mol. The lowest BCUT2D eigenvalue weighted by molar-refractivity contribution is 0.198. The van der Waals surface area contributed by atoms with Crippen LogP contribution in [0.4, 0.5) is 0 Å². The van der Waals surface area contributed by atoms with E-state index in [0.717, 1.165) is 49.6 Å². The second kappa shape index (κ2) is 9.06. The Bertz CT molecular complexity index is 1020. The molecule has 0 unspecified atom stereocenters. The van der Waals surface area contributed by atoms with Gasteiger partial charge in [-0.3, -0.25) is 4.90 Å². The van der Waals surface area contributed by atoms with Crippen LogP contribution in [0.5, 0.6) is 0 Å². The summed E-state index contributed by atoms with van der Waals surface area (Å²) in [5.74, 6) is 0. The third-order valence-corrected chi connectivity index (χ3v) is 9.07. The number of hydrogen-bond acceptors (Lipinski definition) is 6. The molecule has 5 nitrogen and oxygen atoms in total. The Hall–Kier alpha value is -1.58. The number of aryl methyl sites for hydroxylation is 1. The van der Waals surface area contributed by atoms with Gasteiger partial charge >= 0.3 is 0 Å². The van der Waals surface area contributed by atoms with Crippen LogP contribution in [-0.2, 0) is 23.0 Å². The largest absolute Gasteiger partial charge is 0.297 e. The summed E-state index contributed by atoms with van der Waals surface area (Å²) in [6, 6.07) is 12.0. The van der Waals surface area contributed by atoms with Gasteiger partial charge in [0.15, 0.2) is 0 Å². The van der Waals surface area contributed by atoms with E-state index in [1.54, 1.807) is 28.8 Å². The lowest BCUT2D eigenvalue weighted by Gasteiger charge is -2.31. The van der Waals surface area contributed by atoms with Crippen molar-refractivity contribution in [2.75, 3.05) is 13.1 Å². The van der Waals surface area contributed by atoms with Crippen molar-refractivity contribution in [2.45, 2.75) is 43.0 Å². The van der Waals surface area contributed by atoms with Crippen molar-refractivity contribution in [3.63, 3.8) is 0 Å². The fraction of sp³-hybridized carbons (Fsp3) is 0.381. The third-order valence-electron chi connectivity index (χ3n) is 5.22. The molecule has 1 aromatic carbocycles. The standard InChI is InChI=1S/C21H25N3O2S3/c1-2-16-5-7-17(8-6-16)21-22-19(15-28-21)14-24-11-9-18(10-12-24)23-29(25,26)20-4-3-13-27-20/h3-8,13,15,18,23H,2,9-12,14H2,1H3. The molecule has 2 aromatic heterocycles. The Morgan fingerprint density at radius 2 is 1.90 bits per heavy atom. The van der Waals surface area contributed by atoms with E-state index in [2.05, 4.69) is 46.2 Å². The van der Waals surface area contributed by atoms with Crippen LogP contribution in [-0.4, -0.2) is 37.4 Å². The fourth-order valence-electron chi connectivity index (χ4n) is 3.53. The molecule has 0 saturated carbocycles. The minimum absolute atomic E-state index is 0.00132. The van der Waals surface area contributed by atoms with Gasteiger partial charge in [-0.1, -0.05) is 37.3 Å². The van der Waals surface area contributed by atoms with Crippen molar-refractivity contribution in [3.8, 4) is 10.6 Å². The van der Waals surface area contributed by atoms with Gasteiger partial charge in [0.05, 0.1) is 5.69 Å². The third kappa shape index (κ3) is 5.13. The zero-order valence-corrected chi connectivity index (χ0v) is 18.8. The lowest BCUT2D eigenvalue weighted by atomic mass is 10.1. The first-order valence-electron chi connectivity index (χ1n) is 9.85. The summed E-state index contributed by atoms with van der Waals surface area (Å²) in [5.41, 5.74) is 3.59. The molecule has 1 saturated heterocycles. The normalized spacial score (nSPS) is 16.3. The summed E-state index contributed by atoms with van der Waals surface area (Å²) >= 11 is 2.94. The smallest absolute Gasteiger partial charge is 0.250 e. The van der Waals surface area contributed by atoms with Crippen molar-refractivity contribution < 1.29 is 8.42 Å². The maximum absolute atomic E-state index is 12.4. The van der Waals surface area contributed by atoms with Gasteiger partial charge in [0.2, 0.25) is 10.0 Å². The Morgan fingerprint density at radius 1 is 1.14 bits per heavy atom. The molecular formula is C21H25N3O2S3. The first-order valence-corrected chi connectivity index (χ1v) is 13.1. The van der Waals surface area contributed by atoms with E-state index in [0.29, 0.717) is 4.21 Å². The van der Waals surface area contributed by atoms with E-state index in [9.17, 15) is 8.42 Å². The monoisotopic (exact) mass is 447 g/mol. The molecule has 1 aliphatic rings. The number of nitrogens with zero attached hydrogens (tertiary/aromatic N) is 2. The highest BCUT2D eigenvalue weighted by Crippen LogP contribution is 2.25. The molecule has 3 aromatic rings. The first kappa shape index (κ1) is 20.7. The SMILES string of the molecule is CCc1ccc(-c2nc(CN3CCC(NS(=O)(=O)c4cccs4)CC3)cs2)cc1. The summed E-state index contributed by atoms with van der Waals surface area (Å²) < 4.78 is 28.0. The van der Waals surface area contributed by atoms with Crippen LogP contribution >= 0.6 is 22.7 Å². The van der Waals surface area contributed by atoms with Gasteiger partial charge in [0, 0.05) is 36.6 Å². The Kier molecular flexibility index (Phi) is 6.46. The molecule has 0 spiro atoms. The van der Waals surface area contributed by atoms with Crippen LogP contribution < -0.4 is 4.72 Å². The summed E-state index contributed by atoms with van der Waals surface area (Å²) in [6.07, 6.45) is 2.68. The van der Waals surface area contributed by atoms with E-state index >= 15 is 0 Å². The van der Waals surface area contributed by atoms with E-state index in [1.165, 1.54) is 22.5 Å². The van der Waals surface area contributed by atoms with Gasteiger partial charge in [0.25, 0.3) is 0 Å². The second-order valence-corrected chi connectivity index (χ2v) is 11.0. The maximum Gasteiger partial charge on any atom is 0.250 e. The van der Waals surface area contributed by atoms with Gasteiger partial charge in [-0.2, -0.15) is 0 Å². The molecule has 3 heterocycles. The van der Waals surface area contributed by atoms with Crippen molar-refractivity contribution in [3.05, 3.63) is 58.4 Å². The number of sulfonamides is 1. The highest BCUT2D eigenvalue weighted by atomic mass is 32.2. The first-order chi connectivity index (χ1) is 14.0. The minimum atomic E-state index is -3.39. The summed E-state index contributed by atoms with van der Waals surface area (Å²) in [6.45, 7) is 4.71. The minimum Gasteiger partial charge on any atom is -0.297 e. The van der Waals surface area contributed by atoms with E-state index in [4.69, 9.17) is 4.98 Å². The zero-order chi connectivity index (χ0) is 20.3. The highest BCUT2D eigenvalue weighted by molar-refractivity contribution is 7.91. The molecule has 154 valence electrons. The Labute approximate surface area is 180 Å². The number of benzene rings is 1. The van der Waals surface area contributed by atoms with Crippen LogP contribution in [0.25, 0.3) is 10.6 Å². The predicted octanol–water partition coefficient (Wildman–Crippen LogP) is 4.38. The number of rotatable bonds is 7. The zero-order valence-electron chi connectivity index (χ0n) is 16.4. The number of hydrogen-bond donors (Lipinski definition) is 1. The number of likely N-dealkylation sites (tertiary alicyclic amines) is 1. The molecule has 0 atom stereocenters. The number of aromatic nitrogens is 1. The second-order valence-electron chi connectivity index (χ2n) is 7.30. The van der Waals surface area contributed by atoms with Crippen molar-refractivity contribution >= 4 is 32.7 Å². The molecule has 0 bridgehead atoms. The topological polar surface area (TPSA) is 62.3 Å². The molecule has 1 aliphatic heterocycles. The average molecular weight is 448 g/mol. The van der Waals surface area contributed by atoms with E-state index < -0.39 is 10.0 Å². The van der Waals surface area contributed by atoms with Crippen LogP contribution in [0.2, 0.25) is 0 Å². The van der Waals surface area contributed by atoms with Gasteiger partial charge in [-0.25, -0.2) is 18.1 Å². The van der Waals surface area contributed by atoms with E-state index in [-0.39, 0.29) is 6.04 Å². The Balaban J connectivity index is 1.30. The highest BCUT2D eigenvalue weighted by Gasteiger charge is 2.25. The Morgan fingerprint density at radius 3 is 2.55 bits per heavy atom. The number of piperidine rings is 1. The number of thiophene rings is 1. The van der Waals surface area contributed by atoms with Crippen LogP contribution in [0.3, 0.4) is 0 Å². The molecule has 0 aliphatic carbocycles. The van der Waals surface area contributed by atoms with Gasteiger partial charge in [-0.15, -0.1) is 22.7 Å². The summed E-state index contributed by atoms with van der Waals surface area (Å²) in [5, 5.41) is 4.98. The fourth-order valence-corrected chi connectivity index (χ4v) is 6.66. The maximum atomic E-state index is 12.4. The molecule has 29 heavy (non-hydrogen) atoms. The molecule has 0 radical (unpaired) electrons. The van der Waals surface area contributed by atoms with Crippen LogP contribution in [0.1, 0.15) is 31.0 Å². The molecule has 1 N–H and O–H groups in total. The van der Waals surface area contributed by atoms with Gasteiger partial charge < -0.3 is 0 Å². The van der Waals surface area contributed by atoms with Crippen molar-refractivity contribution in [1.29, 1.82) is 0 Å². The molecule has 8 heteroatoms. The van der Waals surface area contributed by atoms with Crippen molar-refractivity contribution in [2.24, 2.45) is 0 Å². The molecule has 1 fully saturated rings. The predicted molar refractivity (Wildman–Crippen MR) is 120 cm³/mol. The van der Waals surface area contributed by atoms with Crippen LogP contribution in [0, 0.1) is 0 Å². The molecule has 0 amide bonds. The van der Waals surface area contributed by atoms with Crippen molar-refractivity contribution in [1.82, 2.24) is 14.6 Å². The summed E-state index contributed by atoms with van der Waals surface area (Å²) in [4.78, 5) is 7.17. The average Bonchev–Trinajstić information content (AvgIpc) is 3.42. The molecule has 4 rings (SSSR count). The van der Waals surface area contributed by atoms with E-state index in [1.807, 2.05) is 0 Å². The van der Waals surface area contributed by atoms with Gasteiger partial charge in [-0.05, 0) is 36.3 Å². The van der Waals surface area contributed by atoms with Crippen LogP contribution in [0.15, 0.2) is 51.4 Å².